The summed E-state index contributed by atoms with van der Waals surface area (Å²) in [6, 6.07) is 21.2. The lowest BCUT2D eigenvalue weighted by molar-refractivity contribution is -0.129. The highest BCUT2D eigenvalue weighted by Crippen LogP contribution is 2.27. The second-order valence-electron chi connectivity index (χ2n) is 7.86. The van der Waals surface area contributed by atoms with Gasteiger partial charge in [-0.05, 0) is 42.6 Å². The van der Waals surface area contributed by atoms with Gasteiger partial charge in [0.25, 0.3) is 0 Å². The lowest BCUT2D eigenvalue weighted by atomic mass is 10.2. The molecule has 2 heterocycles. The fourth-order valence-electron chi connectivity index (χ4n) is 3.78. The van der Waals surface area contributed by atoms with Crippen LogP contribution in [0.5, 0.6) is 0 Å². The molecule has 3 aromatic rings. The van der Waals surface area contributed by atoms with Crippen LogP contribution >= 0.6 is 12.2 Å². The van der Waals surface area contributed by atoms with Crippen LogP contribution in [0.1, 0.15) is 12.7 Å². The summed E-state index contributed by atoms with van der Waals surface area (Å²) in [5.41, 5.74) is 2.74. The van der Waals surface area contributed by atoms with E-state index >= 15 is 0 Å². The van der Waals surface area contributed by atoms with Crippen molar-refractivity contribution in [2.24, 2.45) is 0 Å². The van der Waals surface area contributed by atoms with Crippen LogP contribution in [0.4, 0.5) is 11.4 Å². The molecule has 1 saturated heterocycles. The number of thiocarbonyl (C=S) groups is 1. The second kappa shape index (κ2) is 10.8. The molecule has 0 unspecified atom stereocenters. The van der Waals surface area contributed by atoms with Crippen molar-refractivity contribution < 1.29 is 14.0 Å². The van der Waals surface area contributed by atoms with Gasteiger partial charge in [-0.25, -0.2) is 0 Å². The zero-order chi connectivity index (χ0) is 23.9. The van der Waals surface area contributed by atoms with E-state index in [-0.39, 0.29) is 16.9 Å². The highest BCUT2D eigenvalue weighted by atomic mass is 32.1. The number of nitrogens with zero attached hydrogens (tertiary/aromatic N) is 2. The number of benzene rings is 2. The molecule has 4 rings (SSSR count). The first kappa shape index (κ1) is 23.3. The van der Waals surface area contributed by atoms with Crippen molar-refractivity contribution in [1.29, 1.82) is 0 Å². The SMILES string of the molecule is CC(=O)N1CCN(c2ccccc2NC(=S)NC(=O)/C=C/c2ccc(-c3ccccc3)o2)CC1. The van der Waals surface area contributed by atoms with Gasteiger partial charge in [-0.3, -0.25) is 14.9 Å². The summed E-state index contributed by atoms with van der Waals surface area (Å²) in [7, 11) is 0. The fraction of sp³-hybridized carbons (Fsp3) is 0.192. The van der Waals surface area contributed by atoms with Crippen LogP contribution in [0.15, 0.2) is 77.2 Å². The van der Waals surface area contributed by atoms with Gasteiger partial charge in [-0.2, -0.15) is 0 Å². The van der Waals surface area contributed by atoms with E-state index in [4.69, 9.17) is 16.6 Å². The zero-order valence-corrected chi connectivity index (χ0v) is 19.7. The summed E-state index contributed by atoms with van der Waals surface area (Å²) in [6.45, 7) is 4.40. The molecule has 0 radical (unpaired) electrons. The molecule has 1 fully saturated rings. The number of amides is 2. The number of para-hydroxylation sites is 2. The Labute approximate surface area is 204 Å². The number of carbonyl (C=O) groups excluding carboxylic acids is 2. The van der Waals surface area contributed by atoms with Crippen LogP contribution in [-0.2, 0) is 9.59 Å². The number of hydrogen-bond acceptors (Lipinski definition) is 5. The predicted molar refractivity (Wildman–Crippen MR) is 138 cm³/mol. The van der Waals surface area contributed by atoms with E-state index < -0.39 is 0 Å². The van der Waals surface area contributed by atoms with Gasteiger partial charge in [0.1, 0.15) is 11.5 Å². The lowest BCUT2D eigenvalue weighted by Crippen LogP contribution is -2.48. The topological polar surface area (TPSA) is 77.8 Å². The summed E-state index contributed by atoms with van der Waals surface area (Å²) < 4.78 is 5.78. The number of anilines is 2. The van der Waals surface area contributed by atoms with Crippen LogP contribution in [-0.4, -0.2) is 48.0 Å². The number of carbonyl (C=O) groups is 2. The maximum atomic E-state index is 12.4. The highest BCUT2D eigenvalue weighted by molar-refractivity contribution is 7.80. The van der Waals surface area contributed by atoms with E-state index in [1.165, 1.54) is 6.08 Å². The van der Waals surface area contributed by atoms with Crippen LogP contribution in [0.25, 0.3) is 17.4 Å². The minimum absolute atomic E-state index is 0.0915. The Morgan fingerprint density at radius 2 is 1.65 bits per heavy atom. The maximum absolute atomic E-state index is 12.4. The van der Waals surface area contributed by atoms with E-state index in [2.05, 4.69) is 15.5 Å². The summed E-state index contributed by atoms with van der Waals surface area (Å²) in [6.07, 6.45) is 2.99. The molecular weight excluding hydrogens is 448 g/mol. The summed E-state index contributed by atoms with van der Waals surface area (Å²) in [5, 5.41) is 5.99. The van der Waals surface area contributed by atoms with Gasteiger partial charge in [0.15, 0.2) is 5.11 Å². The third-order valence-electron chi connectivity index (χ3n) is 5.54. The molecule has 0 spiro atoms. The number of piperazine rings is 1. The van der Waals surface area contributed by atoms with Crippen molar-refractivity contribution in [3.05, 3.63) is 78.6 Å². The third-order valence-corrected chi connectivity index (χ3v) is 5.74. The molecule has 2 N–H and O–H groups in total. The van der Waals surface area contributed by atoms with Crippen molar-refractivity contribution in [2.75, 3.05) is 36.4 Å². The van der Waals surface area contributed by atoms with E-state index in [1.807, 2.05) is 71.6 Å². The molecule has 0 aliphatic carbocycles. The van der Waals surface area contributed by atoms with Gasteiger partial charge in [0.05, 0.1) is 11.4 Å². The molecule has 0 saturated carbocycles. The first-order valence-corrected chi connectivity index (χ1v) is 11.5. The van der Waals surface area contributed by atoms with Crippen molar-refractivity contribution in [1.82, 2.24) is 10.2 Å². The Bertz CT molecular complexity index is 1200. The minimum atomic E-state index is -0.359. The molecule has 0 bridgehead atoms. The molecule has 8 heteroatoms. The molecule has 2 aromatic carbocycles. The maximum Gasteiger partial charge on any atom is 0.250 e. The molecule has 1 aliphatic heterocycles. The van der Waals surface area contributed by atoms with Crippen molar-refractivity contribution in [3.63, 3.8) is 0 Å². The zero-order valence-electron chi connectivity index (χ0n) is 18.9. The number of nitrogens with one attached hydrogen (secondary N) is 2. The average Bonchev–Trinajstić information content (AvgIpc) is 3.33. The quantitative estimate of drug-likeness (QED) is 0.428. The molecule has 0 atom stereocenters. The van der Waals surface area contributed by atoms with Gasteiger partial charge < -0.3 is 19.5 Å². The fourth-order valence-corrected chi connectivity index (χ4v) is 3.99. The summed E-state index contributed by atoms with van der Waals surface area (Å²) >= 11 is 5.35. The normalized spacial score (nSPS) is 13.7. The van der Waals surface area contributed by atoms with Crippen molar-refractivity contribution in [3.8, 4) is 11.3 Å². The van der Waals surface area contributed by atoms with Gasteiger partial charge in [-0.15, -0.1) is 0 Å². The largest absolute Gasteiger partial charge is 0.457 e. The van der Waals surface area contributed by atoms with Crippen molar-refractivity contribution in [2.45, 2.75) is 6.92 Å². The first-order valence-electron chi connectivity index (χ1n) is 11.0. The Balaban J connectivity index is 1.33. The lowest BCUT2D eigenvalue weighted by Gasteiger charge is -2.36. The Kier molecular flexibility index (Phi) is 7.39. The van der Waals surface area contributed by atoms with E-state index in [1.54, 1.807) is 13.0 Å². The van der Waals surface area contributed by atoms with E-state index in [0.29, 0.717) is 18.8 Å². The van der Waals surface area contributed by atoms with Gasteiger partial charge in [0, 0.05) is 44.7 Å². The van der Waals surface area contributed by atoms with Crippen LogP contribution in [0, 0.1) is 0 Å². The summed E-state index contributed by atoms with van der Waals surface area (Å²) in [5.74, 6) is 1.04. The Morgan fingerprint density at radius 3 is 2.38 bits per heavy atom. The number of furan rings is 1. The first-order chi connectivity index (χ1) is 16.5. The third kappa shape index (κ3) is 5.90. The molecule has 174 valence electrons. The second-order valence-corrected chi connectivity index (χ2v) is 8.26. The molecule has 34 heavy (non-hydrogen) atoms. The average molecular weight is 475 g/mol. The van der Waals surface area contributed by atoms with E-state index in [0.717, 1.165) is 35.8 Å². The van der Waals surface area contributed by atoms with Gasteiger partial charge >= 0.3 is 0 Å². The summed E-state index contributed by atoms with van der Waals surface area (Å²) in [4.78, 5) is 28.0. The predicted octanol–water partition coefficient (Wildman–Crippen LogP) is 4.14. The van der Waals surface area contributed by atoms with Crippen LogP contribution < -0.4 is 15.5 Å². The molecule has 1 aliphatic rings. The molecule has 7 nitrogen and oxygen atoms in total. The van der Waals surface area contributed by atoms with Crippen molar-refractivity contribution >= 4 is 46.6 Å². The van der Waals surface area contributed by atoms with Gasteiger partial charge in [-0.1, -0.05) is 42.5 Å². The van der Waals surface area contributed by atoms with E-state index in [9.17, 15) is 9.59 Å². The number of rotatable bonds is 5. The minimum Gasteiger partial charge on any atom is -0.457 e. The molecule has 1 aromatic heterocycles. The number of hydrogen-bond donors (Lipinski definition) is 2. The molecule has 2 amide bonds. The van der Waals surface area contributed by atoms with Gasteiger partial charge in [0.2, 0.25) is 11.8 Å². The highest BCUT2D eigenvalue weighted by Gasteiger charge is 2.20. The Hall–Kier alpha value is -3.91. The Morgan fingerprint density at radius 1 is 0.941 bits per heavy atom. The van der Waals surface area contributed by atoms with Crippen LogP contribution in [0.3, 0.4) is 0 Å². The smallest absolute Gasteiger partial charge is 0.250 e. The molecular formula is C26H26N4O3S. The van der Waals surface area contributed by atoms with Crippen LogP contribution in [0.2, 0.25) is 0 Å². The monoisotopic (exact) mass is 474 g/mol. The standard InChI is InChI=1S/C26H26N4O3S/c1-19(31)29-15-17-30(18-16-29)23-10-6-5-9-22(23)27-26(34)28-25(32)14-12-21-11-13-24(33-21)20-7-3-2-4-8-20/h2-14H,15-18H2,1H3,(H2,27,28,32,34)/b14-12+.